The molecule has 1 heterocycles. The summed E-state index contributed by atoms with van der Waals surface area (Å²) in [5, 5.41) is 2.76. The summed E-state index contributed by atoms with van der Waals surface area (Å²) in [6, 6.07) is 10.0. The minimum atomic E-state index is 0.242. The molecule has 2 rings (SSSR count). The van der Waals surface area contributed by atoms with Crippen molar-refractivity contribution in [1.29, 1.82) is 0 Å². The van der Waals surface area contributed by atoms with Crippen molar-refractivity contribution in [3.8, 4) is 0 Å². The number of halogens is 1. The van der Waals surface area contributed by atoms with Gasteiger partial charge in [-0.2, -0.15) is 0 Å². The molecule has 100 valence electrons. The molecule has 1 unspecified atom stereocenters. The van der Waals surface area contributed by atoms with E-state index in [-0.39, 0.29) is 6.04 Å². The number of anilines is 1. The van der Waals surface area contributed by atoms with E-state index in [0.717, 1.165) is 11.3 Å². The van der Waals surface area contributed by atoms with Gasteiger partial charge in [0.1, 0.15) is 4.99 Å². The summed E-state index contributed by atoms with van der Waals surface area (Å²) in [5.41, 5.74) is 7.60. The summed E-state index contributed by atoms with van der Waals surface area (Å²) in [7, 11) is 2.03. The lowest BCUT2D eigenvalue weighted by Crippen LogP contribution is -2.24. The van der Waals surface area contributed by atoms with Gasteiger partial charge in [-0.1, -0.05) is 29.9 Å². The highest BCUT2D eigenvalue weighted by molar-refractivity contribution is 7.80. The molecule has 0 bridgehead atoms. The van der Waals surface area contributed by atoms with Crippen LogP contribution in [0.25, 0.3) is 0 Å². The van der Waals surface area contributed by atoms with Gasteiger partial charge in [0.2, 0.25) is 0 Å². The molecule has 0 radical (unpaired) electrons. The molecule has 1 atom stereocenters. The average molecular weight is 311 g/mol. The zero-order chi connectivity index (χ0) is 14.0. The average Bonchev–Trinajstić information content (AvgIpc) is 2.90. The summed E-state index contributed by atoms with van der Waals surface area (Å²) >= 11 is 12.9. The molecular weight excluding hydrogens is 296 g/mol. The van der Waals surface area contributed by atoms with Gasteiger partial charge in [0.15, 0.2) is 0 Å². The van der Waals surface area contributed by atoms with Gasteiger partial charge in [-0.25, -0.2) is 0 Å². The molecule has 0 aliphatic rings. The van der Waals surface area contributed by atoms with E-state index in [4.69, 9.17) is 29.6 Å². The Kier molecular flexibility index (Phi) is 4.45. The largest absolute Gasteiger partial charge is 0.389 e. The molecule has 2 aromatic rings. The van der Waals surface area contributed by atoms with E-state index in [9.17, 15) is 0 Å². The van der Waals surface area contributed by atoms with Crippen LogP contribution in [0.1, 0.15) is 23.4 Å². The molecule has 2 N–H and O–H groups in total. The lowest BCUT2D eigenvalue weighted by Gasteiger charge is -2.28. The Morgan fingerprint density at radius 3 is 2.74 bits per heavy atom. The van der Waals surface area contributed by atoms with Crippen molar-refractivity contribution < 1.29 is 0 Å². The van der Waals surface area contributed by atoms with E-state index in [1.54, 1.807) is 11.3 Å². The second-order valence-corrected chi connectivity index (χ2v) is 6.18. The van der Waals surface area contributed by atoms with Crippen molar-refractivity contribution in [3.63, 3.8) is 0 Å². The molecule has 5 heteroatoms. The van der Waals surface area contributed by atoms with Gasteiger partial charge in [-0.15, -0.1) is 11.3 Å². The highest BCUT2D eigenvalue weighted by Crippen LogP contribution is 2.32. The number of thiocarbonyl (C=S) groups is 1. The minimum Gasteiger partial charge on any atom is -0.389 e. The summed E-state index contributed by atoms with van der Waals surface area (Å²) in [6.07, 6.45) is 0. The fourth-order valence-electron chi connectivity index (χ4n) is 1.93. The van der Waals surface area contributed by atoms with Crippen molar-refractivity contribution in [2.75, 3.05) is 11.9 Å². The van der Waals surface area contributed by atoms with Crippen LogP contribution in [0, 0.1) is 0 Å². The molecule has 0 amide bonds. The zero-order valence-electron chi connectivity index (χ0n) is 10.8. The molecule has 1 aromatic carbocycles. The number of benzene rings is 1. The van der Waals surface area contributed by atoms with Crippen LogP contribution in [-0.4, -0.2) is 12.0 Å². The number of nitrogens with zero attached hydrogens (tertiary/aromatic N) is 1. The number of rotatable bonds is 4. The van der Waals surface area contributed by atoms with Crippen molar-refractivity contribution in [2.45, 2.75) is 13.0 Å². The predicted molar refractivity (Wildman–Crippen MR) is 88.5 cm³/mol. The van der Waals surface area contributed by atoms with Crippen LogP contribution in [0.5, 0.6) is 0 Å². The first kappa shape index (κ1) is 14.3. The Bertz CT molecular complexity index is 581. The van der Waals surface area contributed by atoms with E-state index in [2.05, 4.69) is 29.3 Å². The lowest BCUT2D eigenvalue weighted by atomic mass is 10.1. The van der Waals surface area contributed by atoms with Crippen LogP contribution in [-0.2, 0) is 0 Å². The third-order valence-corrected chi connectivity index (χ3v) is 4.64. The normalized spacial score (nSPS) is 12.2. The van der Waals surface area contributed by atoms with E-state index >= 15 is 0 Å². The molecule has 0 spiro atoms. The minimum absolute atomic E-state index is 0.242. The SMILES string of the molecule is CC(c1cccs1)N(C)c1cc(Cl)ccc1C(N)=S. The number of hydrogen-bond acceptors (Lipinski definition) is 3. The Labute approximate surface area is 127 Å². The first-order chi connectivity index (χ1) is 9.00. The predicted octanol–water partition coefficient (Wildman–Crippen LogP) is 4.23. The van der Waals surface area contributed by atoms with Crippen LogP contribution in [0.2, 0.25) is 5.02 Å². The molecular formula is C14H15ClN2S2. The van der Waals surface area contributed by atoms with Crippen molar-refractivity contribution in [2.24, 2.45) is 5.73 Å². The molecule has 0 saturated heterocycles. The monoisotopic (exact) mass is 310 g/mol. The van der Waals surface area contributed by atoms with Crippen LogP contribution in [0.15, 0.2) is 35.7 Å². The first-order valence-corrected chi connectivity index (χ1v) is 7.53. The maximum absolute atomic E-state index is 6.09. The van der Waals surface area contributed by atoms with Crippen molar-refractivity contribution in [3.05, 3.63) is 51.2 Å². The standard InChI is InChI=1S/C14H15ClN2S2/c1-9(13-4-3-7-19-13)17(2)12-8-10(15)5-6-11(12)14(16)18/h3-9H,1-2H3,(H2,16,18). The quantitative estimate of drug-likeness (QED) is 0.857. The molecule has 1 aromatic heterocycles. The molecule has 0 aliphatic carbocycles. The van der Waals surface area contributed by atoms with Gasteiger partial charge in [0.25, 0.3) is 0 Å². The fraction of sp³-hybridized carbons (Fsp3) is 0.214. The van der Waals surface area contributed by atoms with Crippen LogP contribution >= 0.6 is 35.2 Å². The topological polar surface area (TPSA) is 29.3 Å². The Morgan fingerprint density at radius 1 is 1.42 bits per heavy atom. The number of hydrogen-bond donors (Lipinski definition) is 1. The van der Waals surface area contributed by atoms with E-state index in [1.165, 1.54) is 4.88 Å². The second kappa shape index (κ2) is 5.90. The number of nitrogens with two attached hydrogens (primary N) is 1. The molecule has 0 aliphatic heterocycles. The second-order valence-electron chi connectivity index (χ2n) is 4.33. The molecule has 0 saturated carbocycles. The van der Waals surface area contributed by atoms with Crippen molar-refractivity contribution >= 4 is 45.8 Å². The molecule has 0 fully saturated rings. The Hall–Kier alpha value is -1.10. The van der Waals surface area contributed by atoms with E-state index in [0.29, 0.717) is 10.0 Å². The van der Waals surface area contributed by atoms with Gasteiger partial charge < -0.3 is 10.6 Å². The molecule has 19 heavy (non-hydrogen) atoms. The smallest absolute Gasteiger partial charge is 0.106 e. The van der Waals surface area contributed by atoms with Gasteiger partial charge in [-0.05, 0) is 36.6 Å². The first-order valence-electron chi connectivity index (χ1n) is 5.86. The summed E-state index contributed by atoms with van der Waals surface area (Å²) in [6.45, 7) is 2.15. The number of thiophene rings is 1. The van der Waals surface area contributed by atoms with Crippen LogP contribution in [0.3, 0.4) is 0 Å². The third kappa shape index (κ3) is 3.08. The zero-order valence-corrected chi connectivity index (χ0v) is 13.1. The van der Waals surface area contributed by atoms with Crippen LogP contribution < -0.4 is 10.6 Å². The van der Waals surface area contributed by atoms with E-state index in [1.807, 2.05) is 25.2 Å². The third-order valence-electron chi connectivity index (χ3n) is 3.14. The van der Waals surface area contributed by atoms with Gasteiger partial charge in [0.05, 0.1) is 6.04 Å². The lowest BCUT2D eigenvalue weighted by molar-refractivity contribution is 0.753. The van der Waals surface area contributed by atoms with E-state index < -0.39 is 0 Å². The Morgan fingerprint density at radius 2 is 2.16 bits per heavy atom. The summed E-state index contributed by atoms with van der Waals surface area (Å²) in [4.78, 5) is 3.82. The fourth-order valence-corrected chi connectivity index (χ4v) is 3.10. The van der Waals surface area contributed by atoms with Crippen LogP contribution in [0.4, 0.5) is 5.69 Å². The van der Waals surface area contributed by atoms with Gasteiger partial charge in [0, 0.05) is 28.2 Å². The van der Waals surface area contributed by atoms with Gasteiger partial charge >= 0.3 is 0 Å². The highest BCUT2D eigenvalue weighted by atomic mass is 35.5. The van der Waals surface area contributed by atoms with Gasteiger partial charge in [-0.3, -0.25) is 0 Å². The maximum Gasteiger partial charge on any atom is 0.106 e. The summed E-state index contributed by atoms with van der Waals surface area (Å²) in [5.74, 6) is 0. The van der Waals surface area contributed by atoms with Crippen molar-refractivity contribution in [1.82, 2.24) is 0 Å². The Balaban J connectivity index is 2.40. The maximum atomic E-state index is 6.09. The highest BCUT2D eigenvalue weighted by Gasteiger charge is 2.17. The molecule has 2 nitrogen and oxygen atoms in total. The summed E-state index contributed by atoms with van der Waals surface area (Å²) < 4.78 is 0.